The first-order valence-electron chi connectivity index (χ1n) is 11.5. The number of anilines is 1. The summed E-state index contributed by atoms with van der Waals surface area (Å²) in [6, 6.07) is 18.7. The van der Waals surface area contributed by atoms with E-state index in [9.17, 15) is 14.9 Å². The second-order valence-electron chi connectivity index (χ2n) is 8.18. The minimum Gasteiger partial charge on any atom is -0.493 e. The minimum atomic E-state index is -0.370. The van der Waals surface area contributed by atoms with Gasteiger partial charge in [-0.1, -0.05) is 30.3 Å². The molecule has 0 fully saturated rings. The van der Waals surface area contributed by atoms with E-state index in [1.165, 1.54) is 13.3 Å². The van der Waals surface area contributed by atoms with Crippen LogP contribution in [0, 0.1) is 28.7 Å². The largest absolute Gasteiger partial charge is 0.493 e. The predicted octanol–water partition coefficient (Wildman–Crippen LogP) is 5.24. The van der Waals surface area contributed by atoms with Crippen LogP contribution in [-0.4, -0.2) is 25.1 Å². The SMILES string of the molecule is COc1cc(C=NNC(=O)CCC(=O)Nc2cccc(C)c2C)cc(I)c1OCc1ccccc1C#N. The smallest absolute Gasteiger partial charge is 0.240 e. The van der Waals surface area contributed by atoms with Crippen molar-refractivity contribution in [2.75, 3.05) is 12.4 Å². The van der Waals surface area contributed by atoms with Gasteiger partial charge in [-0.3, -0.25) is 9.59 Å². The first-order valence-corrected chi connectivity index (χ1v) is 12.6. The number of amides is 2. The van der Waals surface area contributed by atoms with Crippen LogP contribution in [0.4, 0.5) is 5.69 Å². The lowest BCUT2D eigenvalue weighted by Crippen LogP contribution is -2.21. The molecule has 3 aromatic rings. The fourth-order valence-electron chi connectivity index (χ4n) is 3.42. The van der Waals surface area contributed by atoms with Gasteiger partial charge in [0.15, 0.2) is 11.5 Å². The zero-order chi connectivity index (χ0) is 26.8. The number of nitrogens with zero attached hydrogens (tertiary/aromatic N) is 2. The van der Waals surface area contributed by atoms with Gasteiger partial charge in [0.05, 0.1) is 28.5 Å². The van der Waals surface area contributed by atoms with E-state index >= 15 is 0 Å². The van der Waals surface area contributed by atoms with Crippen molar-refractivity contribution >= 4 is 46.3 Å². The molecule has 0 aliphatic heterocycles. The van der Waals surface area contributed by atoms with Crippen LogP contribution in [-0.2, 0) is 16.2 Å². The van der Waals surface area contributed by atoms with E-state index in [1.54, 1.807) is 18.2 Å². The molecule has 0 spiro atoms. The van der Waals surface area contributed by atoms with Crippen LogP contribution in [0.5, 0.6) is 11.5 Å². The van der Waals surface area contributed by atoms with E-state index in [-0.39, 0.29) is 31.3 Å². The maximum absolute atomic E-state index is 12.2. The van der Waals surface area contributed by atoms with E-state index in [1.807, 2.05) is 50.2 Å². The highest BCUT2D eigenvalue weighted by molar-refractivity contribution is 14.1. The van der Waals surface area contributed by atoms with Crippen molar-refractivity contribution in [2.45, 2.75) is 33.3 Å². The number of hydrogen-bond acceptors (Lipinski definition) is 6. The number of carbonyl (C=O) groups is 2. The van der Waals surface area contributed by atoms with E-state index in [0.717, 1.165) is 25.9 Å². The third-order valence-corrected chi connectivity index (χ3v) is 6.42. The van der Waals surface area contributed by atoms with Gasteiger partial charge in [0.25, 0.3) is 0 Å². The van der Waals surface area contributed by atoms with Gasteiger partial charge in [-0.05, 0) is 77.4 Å². The van der Waals surface area contributed by atoms with Crippen LogP contribution in [0.1, 0.15) is 40.7 Å². The Morgan fingerprint density at radius 3 is 2.59 bits per heavy atom. The molecule has 0 atom stereocenters. The lowest BCUT2D eigenvalue weighted by atomic mass is 10.1. The second-order valence-corrected chi connectivity index (χ2v) is 9.34. The van der Waals surface area contributed by atoms with Crippen LogP contribution >= 0.6 is 22.6 Å². The number of benzene rings is 3. The van der Waals surface area contributed by atoms with Crippen molar-refractivity contribution in [3.05, 3.63) is 86.0 Å². The fraction of sp³-hybridized carbons (Fsp3) is 0.214. The van der Waals surface area contributed by atoms with Gasteiger partial charge in [-0.15, -0.1) is 0 Å². The highest BCUT2D eigenvalue weighted by atomic mass is 127. The molecule has 37 heavy (non-hydrogen) atoms. The first kappa shape index (κ1) is 27.7. The number of methoxy groups -OCH3 is 1. The van der Waals surface area contributed by atoms with Crippen LogP contribution < -0.4 is 20.2 Å². The molecule has 0 radical (unpaired) electrons. The highest BCUT2D eigenvalue weighted by Gasteiger charge is 2.13. The maximum atomic E-state index is 12.2. The summed E-state index contributed by atoms with van der Waals surface area (Å²) >= 11 is 2.13. The van der Waals surface area contributed by atoms with Crippen LogP contribution in [0.3, 0.4) is 0 Å². The quantitative estimate of drug-likeness (QED) is 0.185. The molecule has 0 unspecified atom stereocenters. The van der Waals surface area contributed by atoms with Gasteiger partial charge in [0.1, 0.15) is 6.61 Å². The first-order chi connectivity index (χ1) is 17.8. The Balaban J connectivity index is 1.54. The second kappa shape index (κ2) is 13.4. The molecule has 0 bridgehead atoms. The Labute approximate surface area is 229 Å². The Morgan fingerprint density at radius 2 is 1.84 bits per heavy atom. The molecule has 2 amide bonds. The average Bonchev–Trinajstić information content (AvgIpc) is 2.89. The molecular formula is C28H27IN4O4. The Morgan fingerprint density at radius 1 is 1.08 bits per heavy atom. The number of carbonyl (C=O) groups excluding carboxylic acids is 2. The van der Waals surface area contributed by atoms with Crippen molar-refractivity contribution < 1.29 is 19.1 Å². The summed E-state index contributed by atoms with van der Waals surface area (Å²) in [5.74, 6) is 0.439. The fourth-order valence-corrected chi connectivity index (χ4v) is 4.20. The van der Waals surface area contributed by atoms with Gasteiger partial charge in [0, 0.05) is 24.1 Å². The number of halogens is 1. The Hall–Kier alpha value is -3.91. The van der Waals surface area contributed by atoms with Gasteiger partial charge in [-0.2, -0.15) is 10.4 Å². The number of ether oxygens (including phenoxy) is 2. The lowest BCUT2D eigenvalue weighted by molar-refractivity contribution is -0.124. The highest BCUT2D eigenvalue weighted by Crippen LogP contribution is 2.34. The molecule has 0 aliphatic rings. The molecule has 2 N–H and O–H groups in total. The molecule has 8 nitrogen and oxygen atoms in total. The summed E-state index contributed by atoms with van der Waals surface area (Å²) in [6.45, 7) is 4.13. The predicted molar refractivity (Wildman–Crippen MR) is 151 cm³/mol. The van der Waals surface area contributed by atoms with E-state index in [0.29, 0.717) is 22.6 Å². The van der Waals surface area contributed by atoms with Crippen molar-refractivity contribution in [1.29, 1.82) is 5.26 Å². The van der Waals surface area contributed by atoms with Crippen molar-refractivity contribution in [1.82, 2.24) is 5.43 Å². The Bertz CT molecular complexity index is 1360. The third kappa shape index (κ3) is 7.79. The molecular weight excluding hydrogens is 583 g/mol. The van der Waals surface area contributed by atoms with E-state index in [2.05, 4.69) is 44.5 Å². The summed E-state index contributed by atoms with van der Waals surface area (Å²) in [5, 5.41) is 16.1. The molecule has 9 heteroatoms. The number of aryl methyl sites for hydroxylation is 1. The molecule has 0 saturated heterocycles. The zero-order valence-corrected chi connectivity index (χ0v) is 23.0. The number of rotatable bonds is 10. The molecule has 3 rings (SSSR count). The number of hydrazone groups is 1. The summed E-state index contributed by atoms with van der Waals surface area (Å²) in [4.78, 5) is 24.4. The van der Waals surface area contributed by atoms with Gasteiger partial charge in [-0.25, -0.2) is 5.43 Å². The molecule has 190 valence electrons. The third-order valence-electron chi connectivity index (χ3n) is 5.62. The number of nitrogens with one attached hydrogen (secondary N) is 2. The average molecular weight is 610 g/mol. The van der Waals surface area contributed by atoms with Crippen LogP contribution in [0.15, 0.2) is 59.7 Å². The van der Waals surface area contributed by atoms with Crippen LogP contribution in [0.2, 0.25) is 0 Å². The lowest BCUT2D eigenvalue weighted by Gasteiger charge is -2.14. The summed E-state index contributed by atoms with van der Waals surface area (Å²) in [5.41, 5.74) is 7.30. The molecule has 3 aromatic carbocycles. The van der Waals surface area contributed by atoms with Crippen LogP contribution in [0.25, 0.3) is 0 Å². The number of nitriles is 1. The van der Waals surface area contributed by atoms with Crippen molar-refractivity contribution in [3.63, 3.8) is 0 Å². The van der Waals surface area contributed by atoms with E-state index < -0.39 is 0 Å². The minimum absolute atomic E-state index is 0.00579. The standard InChI is InChI=1S/C28H27IN4O4/c1-18-7-6-10-24(19(18)2)32-26(34)11-12-27(35)33-31-16-20-13-23(29)28(25(14-20)36-3)37-17-22-9-5-4-8-21(22)15-30/h4-10,13-14,16H,11-12,17H2,1-3H3,(H,32,34)(H,33,35). The molecule has 0 aliphatic carbocycles. The van der Waals surface area contributed by atoms with Gasteiger partial charge < -0.3 is 14.8 Å². The maximum Gasteiger partial charge on any atom is 0.240 e. The molecule has 0 saturated carbocycles. The van der Waals surface area contributed by atoms with Gasteiger partial charge >= 0.3 is 0 Å². The normalized spacial score (nSPS) is 10.6. The molecule has 0 heterocycles. The monoisotopic (exact) mass is 610 g/mol. The Kier molecular flexibility index (Phi) is 10.0. The summed E-state index contributed by atoms with van der Waals surface area (Å²) in [7, 11) is 1.54. The summed E-state index contributed by atoms with van der Waals surface area (Å²) < 4.78 is 12.2. The topological polar surface area (TPSA) is 113 Å². The molecule has 0 aromatic heterocycles. The van der Waals surface area contributed by atoms with Crippen molar-refractivity contribution in [2.24, 2.45) is 5.10 Å². The van der Waals surface area contributed by atoms with Crippen molar-refractivity contribution in [3.8, 4) is 17.6 Å². The summed E-state index contributed by atoms with van der Waals surface area (Å²) in [6.07, 6.45) is 1.54. The van der Waals surface area contributed by atoms with Gasteiger partial charge in [0.2, 0.25) is 11.8 Å². The zero-order valence-electron chi connectivity index (χ0n) is 20.8. The van der Waals surface area contributed by atoms with E-state index in [4.69, 9.17) is 9.47 Å². The number of hydrogen-bond donors (Lipinski definition) is 2.